The Morgan fingerprint density at radius 2 is 2.00 bits per heavy atom. The predicted molar refractivity (Wildman–Crippen MR) is 55.8 cm³/mol. The second-order valence-corrected chi connectivity index (χ2v) is 4.45. The highest BCUT2D eigenvalue weighted by atomic mass is 16.5. The summed E-state index contributed by atoms with van der Waals surface area (Å²) in [6, 6.07) is 0.817. The molecule has 13 heavy (non-hydrogen) atoms. The second kappa shape index (κ2) is 5.61. The van der Waals surface area contributed by atoms with Crippen molar-refractivity contribution in [3.63, 3.8) is 0 Å². The molecule has 1 rings (SSSR count). The fourth-order valence-electron chi connectivity index (χ4n) is 1.59. The van der Waals surface area contributed by atoms with E-state index in [1.54, 1.807) is 7.11 Å². The summed E-state index contributed by atoms with van der Waals surface area (Å²) in [5, 5.41) is 3.60. The van der Waals surface area contributed by atoms with Crippen molar-refractivity contribution in [1.29, 1.82) is 0 Å². The smallest absolute Gasteiger partial charge is 0.0490 e. The van der Waals surface area contributed by atoms with Crippen LogP contribution in [0.3, 0.4) is 0 Å². The lowest BCUT2D eigenvalue weighted by molar-refractivity contribution is 0.130. The summed E-state index contributed by atoms with van der Waals surface area (Å²) < 4.78 is 5.14. The third-order valence-electron chi connectivity index (χ3n) is 3.23. The van der Waals surface area contributed by atoms with Crippen molar-refractivity contribution in [2.75, 3.05) is 20.3 Å². The predicted octanol–water partition coefficient (Wildman–Crippen LogP) is 2.05. The van der Waals surface area contributed by atoms with Gasteiger partial charge >= 0.3 is 0 Å². The molecule has 0 saturated heterocycles. The third-order valence-corrected chi connectivity index (χ3v) is 3.23. The lowest BCUT2D eigenvalue weighted by Gasteiger charge is -2.29. The molecule has 2 unspecified atom stereocenters. The van der Waals surface area contributed by atoms with Gasteiger partial charge in [-0.3, -0.25) is 0 Å². The Labute approximate surface area is 82.0 Å². The summed E-state index contributed by atoms with van der Waals surface area (Å²) >= 11 is 0. The highest BCUT2D eigenvalue weighted by Gasteiger charge is 2.18. The number of hydrogen-bond acceptors (Lipinski definition) is 2. The van der Waals surface area contributed by atoms with Crippen LogP contribution in [0.2, 0.25) is 0 Å². The first kappa shape index (κ1) is 11.0. The quantitative estimate of drug-likeness (QED) is 0.684. The summed E-state index contributed by atoms with van der Waals surface area (Å²) in [7, 11) is 1.78. The molecule has 1 aliphatic rings. The van der Waals surface area contributed by atoms with Crippen molar-refractivity contribution in [1.82, 2.24) is 5.32 Å². The van der Waals surface area contributed by atoms with Crippen molar-refractivity contribution in [3.8, 4) is 0 Å². The summed E-state index contributed by atoms with van der Waals surface area (Å²) in [6.07, 6.45) is 4.18. The van der Waals surface area contributed by atoms with Crippen molar-refractivity contribution in [2.45, 2.75) is 39.2 Å². The highest BCUT2D eigenvalue weighted by molar-refractivity contribution is 4.77. The Morgan fingerprint density at radius 3 is 2.46 bits per heavy atom. The molecule has 0 aliphatic heterocycles. The molecule has 0 aromatic heterocycles. The van der Waals surface area contributed by atoms with E-state index in [1.807, 2.05) is 0 Å². The SMILES string of the molecule is COCC(C)C(C)CNC1CCC1. The highest BCUT2D eigenvalue weighted by Crippen LogP contribution is 2.19. The third kappa shape index (κ3) is 3.65. The van der Waals surface area contributed by atoms with Gasteiger partial charge in [-0.15, -0.1) is 0 Å². The zero-order chi connectivity index (χ0) is 9.68. The monoisotopic (exact) mass is 185 g/mol. The molecule has 1 saturated carbocycles. The Kier molecular flexibility index (Phi) is 4.74. The first-order valence-corrected chi connectivity index (χ1v) is 5.46. The van der Waals surface area contributed by atoms with Gasteiger partial charge in [-0.1, -0.05) is 20.3 Å². The summed E-state index contributed by atoms with van der Waals surface area (Å²) in [5.41, 5.74) is 0. The van der Waals surface area contributed by atoms with Crippen molar-refractivity contribution >= 4 is 0 Å². The Hall–Kier alpha value is -0.0800. The van der Waals surface area contributed by atoms with E-state index in [1.165, 1.54) is 19.3 Å². The zero-order valence-electron chi connectivity index (χ0n) is 9.18. The number of hydrogen-bond donors (Lipinski definition) is 1. The molecule has 0 amide bonds. The van der Waals surface area contributed by atoms with Crippen LogP contribution in [0, 0.1) is 11.8 Å². The Bertz CT molecular complexity index is 134. The first-order chi connectivity index (χ1) is 6.24. The van der Waals surface area contributed by atoms with Gasteiger partial charge in [0, 0.05) is 19.8 Å². The fraction of sp³-hybridized carbons (Fsp3) is 1.00. The van der Waals surface area contributed by atoms with Gasteiger partial charge in [0.2, 0.25) is 0 Å². The van der Waals surface area contributed by atoms with Gasteiger partial charge < -0.3 is 10.1 Å². The van der Waals surface area contributed by atoms with Gasteiger partial charge in [-0.2, -0.15) is 0 Å². The summed E-state index contributed by atoms with van der Waals surface area (Å²) in [6.45, 7) is 6.59. The maximum Gasteiger partial charge on any atom is 0.0490 e. The normalized spacial score (nSPS) is 22.4. The van der Waals surface area contributed by atoms with E-state index in [2.05, 4.69) is 19.2 Å². The summed E-state index contributed by atoms with van der Waals surface area (Å²) in [4.78, 5) is 0. The average Bonchev–Trinajstić information content (AvgIpc) is 2.01. The number of nitrogens with one attached hydrogen (secondary N) is 1. The van der Waals surface area contributed by atoms with Gasteiger partial charge in [0.25, 0.3) is 0 Å². The minimum absolute atomic E-state index is 0.664. The molecule has 0 heterocycles. The molecule has 0 aromatic carbocycles. The van der Waals surface area contributed by atoms with Gasteiger partial charge in [0.15, 0.2) is 0 Å². The molecular formula is C11H23NO. The molecule has 0 bridgehead atoms. The Balaban J connectivity index is 2.04. The van der Waals surface area contributed by atoms with E-state index >= 15 is 0 Å². The Morgan fingerprint density at radius 1 is 1.31 bits per heavy atom. The van der Waals surface area contributed by atoms with E-state index < -0.39 is 0 Å². The number of ether oxygens (including phenoxy) is 1. The maximum atomic E-state index is 5.14. The lowest BCUT2D eigenvalue weighted by atomic mass is 9.91. The molecule has 78 valence electrons. The van der Waals surface area contributed by atoms with Crippen molar-refractivity contribution in [3.05, 3.63) is 0 Å². The second-order valence-electron chi connectivity index (χ2n) is 4.45. The number of rotatable bonds is 6. The molecule has 0 radical (unpaired) electrons. The molecule has 0 spiro atoms. The van der Waals surface area contributed by atoms with Crippen LogP contribution in [0.5, 0.6) is 0 Å². The topological polar surface area (TPSA) is 21.3 Å². The van der Waals surface area contributed by atoms with Crippen LogP contribution in [0.4, 0.5) is 0 Å². The van der Waals surface area contributed by atoms with Crippen molar-refractivity contribution in [2.24, 2.45) is 11.8 Å². The van der Waals surface area contributed by atoms with Gasteiger partial charge in [0.05, 0.1) is 0 Å². The minimum Gasteiger partial charge on any atom is -0.384 e. The fourth-order valence-corrected chi connectivity index (χ4v) is 1.59. The van der Waals surface area contributed by atoms with E-state index in [-0.39, 0.29) is 0 Å². The largest absolute Gasteiger partial charge is 0.384 e. The van der Waals surface area contributed by atoms with Crippen LogP contribution in [0.25, 0.3) is 0 Å². The lowest BCUT2D eigenvalue weighted by Crippen LogP contribution is -2.39. The number of methoxy groups -OCH3 is 1. The minimum atomic E-state index is 0.664. The van der Waals surface area contributed by atoms with Gasteiger partial charge in [0.1, 0.15) is 0 Å². The van der Waals surface area contributed by atoms with Crippen LogP contribution in [-0.4, -0.2) is 26.3 Å². The average molecular weight is 185 g/mol. The van der Waals surface area contributed by atoms with E-state index in [0.29, 0.717) is 5.92 Å². The summed E-state index contributed by atoms with van der Waals surface area (Å²) in [5.74, 6) is 1.39. The molecule has 2 heteroatoms. The van der Waals surface area contributed by atoms with Crippen LogP contribution in [0.15, 0.2) is 0 Å². The maximum absolute atomic E-state index is 5.14. The molecule has 1 fully saturated rings. The van der Waals surface area contributed by atoms with E-state index in [4.69, 9.17) is 4.74 Å². The molecule has 1 N–H and O–H groups in total. The zero-order valence-corrected chi connectivity index (χ0v) is 9.18. The van der Waals surface area contributed by atoms with Crippen LogP contribution in [-0.2, 0) is 4.74 Å². The molecule has 2 atom stereocenters. The standard InChI is InChI=1S/C11H23NO/c1-9(10(2)8-13-3)7-12-11-5-4-6-11/h9-12H,4-8H2,1-3H3. The molecule has 0 aromatic rings. The van der Waals surface area contributed by atoms with Crippen LogP contribution >= 0.6 is 0 Å². The van der Waals surface area contributed by atoms with Crippen LogP contribution < -0.4 is 5.32 Å². The van der Waals surface area contributed by atoms with Gasteiger partial charge in [-0.25, -0.2) is 0 Å². The molecular weight excluding hydrogens is 162 g/mol. The molecule has 2 nitrogen and oxygen atoms in total. The van der Waals surface area contributed by atoms with E-state index in [9.17, 15) is 0 Å². The van der Waals surface area contributed by atoms with Crippen molar-refractivity contribution < 1.29 is 4.74 Å². The first-order valence-electron chi connectivity index (χ1n) is 5.46. The molecule has 1 aliphatic carbocycles. The van der Waals surface area contributed by atoms with Gasteiger partial charge in [-0.05, 0) is 31.2 Å². The van der Waals surface area contributed by atoms with E-state index in [0.717, 1.165) is 25.1 Å². The van der Waals surface area contributed by atoms with Crippen LogP contribution in [0.1, 0.15) is 33.1 Å².